The second-order valence-corrected chi connectivity index (χ2v) is 4.48. The zero-order chi connectivity index (χ0) is 14.7. The number of ether oxygens (including phenoxy) is 1. The minimum atomic E-state index is -0.789. The van der Waals surface area contributed by atoms with Crippen LogP contribution in [0.25, 0.3) is 0 Å². The first-order chi connectivity index (χ1) is 9.47. The van der Waals surface area contributed by atoms with Gasteiger partial charge in [-0.1, -0.05) is 12.1 Å². The van der Waals surface area contributed by atoms with Gasteiger partial charge >= 0.3 is 0 Å². The van der Waals surface area contributed by atoms with Crippen molar-refractivity contribution >= 4 is 0 Å². The van der Waals surface area contributed by atoms with Gasteiger partial charge in [0.05, 0.1) is 6.04 Å². The Kier molecular flexibility index (Phi) is 4.29. The first-order valence-corrected chi connectivity index (χ1v) is 6.10. The van der Waals surface area contributed by atoms with Gasteiger partial charge < -0.3 is 10.5 Å². The lowest BCUT2D eigenvalue weighted by molar-refractivity contribution is 0.182. The highest BCUT2D eigenvalue weighted by Gasteiger charge is 2.18. The normalized spacial score (nSPS) is 13.8. The second-order valence-electron chi connectivity index (χ2n) is 4.48. The Labute approximate surface area is 115 Å². The Balaban J connectivity index is 2.11. The first kappa shape index (κ1) is 14.4. The minimum Gasteiger partial charge on any atom is -0.486 e. The maximum Gasteiger partial charge on any atom is 0.167 e. The van der Waals surface area contributed by atoms with E-state index in [0.29, 0.717) is 5.56 Å². The Bertz CT molecular complexity index is 586. The van der Waals surface area contributed by atoms with E-state index in [0.717, 1.165) is 12.1 Å². The molecule has 0 heterocycles. The van der Waals surface area contributed by atoms with Gasteiger partial charge in [-0.05, 0) is 36.8 Å². The molecule has 0 amide bonds. The van der Waals surface area contributed by atoms with Crippen LogP contribution in [0, 0.1) is 17.5 Å². The van der Waals surface area contributed by atoms with Crippen molar-refractivity contribution in [2.75, 3.05) is 0 Å². The highest BCUT2D eigenvalue weighted by atomic mass is 19.1. The molecule has 0 fully saturated rings. The quantitative estimate of drug-likeness (QED) is 0.929. The molecular weight excluding hydrogens is 267 g/mol. The average Bonchev–Trinajstić information content (AvgIpc) is 2.42. The van der Waals surface area contributed by atoms with Crippen LogP contribution in [0.5, 0.6) is 5.75 Å². The topological polar surface area (TPSA) is 35.2 Å². The molecule has 0 aliphatic heterocycles. The summed E-state index contributed by atoms with van der Waals surface area (Å²) in [5.41, 5.74) is 6.64. The molecule has 0 aliphatic carbocycles. The van der Waals surface area contributed by atoms with E-state index in [-0.39, 0.29) is 11.6 Å². The summed E-state index contributed by atoms with van der Waals surface area (Å²) in [6.07, 6.45) is -0.555. The summed E-state index contributed by atoms with van der Waals surface area (Å²) in [7, 11) is 0. The maximum atomic E-state index is 13.5. The summed E-state index contributed by atoms with van der Waals surface area (Å²) in [4.78, 5) is 0. The van der Waals surface area contributed by atoms with E-state index in [2.05, 4.69) is 0 Å². The van der Waals surface area contributed by atoms with Crippen LogP contribution in [0.4, 0.5) is 13.2 Å². The van der Waals surface area contributed by atoms with E-state index >= 15 is 0 Å². The lowest BCUT2D eigenvalue weighted by atomic mass is 10.0. The number of rotatable bonds is 4. The van der Waals surface area contributed by atoms with Gasteiger partial charge in [-0.25, -0.2) is 13.2 Å². The molecule has 2 aromatic carbocycles. The zero-order valence-corrected chi connectivity index (χ0v) is 10.8. The van der Waals surface area contributed by atoms with Crippen LogP contribution in [0.15, 0.2) is 42.5 Å². The largest absolute Gasteiger partial charge is 0.486 e. The molecule has 2 aromatic rings. The van der Waals surface area contributed by atoms with Crippen molar-refractivity contribution in [1.29, 1.82) is 0 Å². The molecule has 2 rings (SSSR count). The Hall–Kier alpha value is -2.01. The summed E-state index contributed by atoms with van der Waals surface area (Å²) in [6.45, 7) is 1.66. The van der Waals surface area contributed by atoms with Crippen LogP contribution in [0.2, 0.25) is 0 Å². The fraction of sp³-hybridized carbons (Fsp3) is 0.200. The van der Waals surface area contributed by atoms with E-state index in [1.807, 2.05) is 0 Å². The first-order valence-electron chi connectivity index (χ1n) is 6.10. The fourth-order valence-electron chi connectivity index (χ4n) is 1.80. The molecule has 106 valence electrons. The van der Waals surface area contributed by atoms with Crippen molar-refractivity contribution in [2.45, 2.75) is 19.1 Å². The van der Waals surface area contributed by atoms with Gasteiger partial charge in [0, 0.05) is 6.07 Å². The van der Waals surface area contributed by atoms with Gasteiger partial charge in [0.25, 0.3) is 0 Å². The van der Waals surface area contributed by atoms with Gasteiger partial charge in [0.15, 0.2) is 11.6 Å². The predicted molar refractivity (Wildman–Crippen MR) is 69.8 cm³/mol. The van der Waals surface area contributed by atoms with E-state index in [1.54, 1.807) is 19.1 Å². The van der Waals surface area contributed by atoms with Crippen molar-refractivity contribution in [3.05, 3.63) is 65.5 Å². The Morgan fingerprint density at radius 3 is 2.15 bits per heavy atom. The third-order valence-electron chi connectivity index (χ3n) is 2.97. The lowest BCUT2D eigenvalue weighted by Crippen LogP contribution is -2.29. The second kappa shape index (κ2) is 5.96. The number of hydrogen-bond donors (Lipinski definition) is 1. The molecule has 0 aliphatic rings. The van der Waals surface area contributed by atoms with Crippen LogP contribution in [0.3, 0.4) is 0 Å². The SMILES string of the molecule is CC(Oc1ccc(F)cc1F)C(N)c1ccc(F)cc1. The average molecular weight is 281 g/mol. The molecule has 2 nitrogen and oxygen atoms in total. The standard InChI is InChI=1S/C15H14F3NO/c1-9(15(19)10-2-4-11(16)5-3-10)20-14-7-6-12(17)8-13(14)18/h2-9,15H,19H2,1H3. The fourth-order valence-corrected chi connectivity index (χ4v) is 1.80. The Morgan fingerprint density at radius 2 is 1.55 bits per heavy atom. The van der Waals surface area contributed by atoms with Crippen molar-refractivity contribution in [2.24, 2.45) is 5.73 Å². The van der Waals surface area contributed by atoms with Crippen LogP contribution in [-0.2, 0) is 0 Å². The molecule has 0 aromatic heterocycles. The monoisotopic (exact) mass is 281 g/mol. The highest BCUT2D eigenvalue weighted by molar-refractivity contribution is 5.26. The summed E-state index contributed by atoms with van der Waals surface area (Å²) in [5.74, 6) is -1.90. The summed E-state index contributed by atoms with van der Waals surface area (Å²) >= 11 is 0. The molecule has 0 bridgehead atoms. The molecule has 20 heavy (non-hydrogen) atoms. The molecule has 0 radical (unpaired) electrons. The summed E-state index contributed by atoms with van der Waals surface area (Å²) in [5, 5.41) is 0. The molecule has 2 unspecified atom stereocenters. The predicted octanol–water partition coefficient (Wildman–Crippen LogP) is 3.57. The summed E-state index contributed by atoms with van der Waals surface area (Å²) < 4.78 is 44.5. The number of hydrogen-bond acceptors (Lipinski definition) is 2. The van der Waals surface area contributed by atoms with Crippen molar-refractivity contribution in [3.8, 4) is 5.75 Å². The molecule has 0 saturated carbocycles. The van der Waals surface area contributed by atoms with E-state index < -0.39 is 23.8 Å². The zero-order valence-electron chi connectivity index (χ0n) is 10.8. The molecule has 2 atom stereocenters. The molecular formula is C15H14F3NO. The number of halogens is 3. The van der Waals surface area contributed by atoms with Crippen molar-refractivity contribution in [1.82, 2.24) is 0 Å². The van der Waals surface area contributed by atoms with E-state index in [1.165, 1.54) is 18.2 Å². The van der Waals surface area contributed by atoms with Crippen LogP contribution in [-0.4, -0.2) is 6.10 Å². The molecule has 2 N–H and O–H groups in total. The molecule has 0 spiro atoms. The summed E-state index contributed by atoms with van der Waals surface area (Å²) in [6, 6.07) is 8.17. The van der Waals surface area contributed by atoms with E-state index in [4.69, 9.17) is 10.5 Å². The van der Waals surface area contributed by atoms with Gasteiger partial charge in [-0.3, -0.25) is 0 Å². The van der Waals surface area contributed by atoms with Gasteiger partial charge in [0.1, 0.15) is 17.7 Å². The minimum absolute atomic E-state index is 0.0727. The van der Waals surface area contributed by atoms with E-state index in [9.17, 15) is 13.2 Å². The third kappa shape index (κ3) is 3.30. The van der Waals surface area contributed by atoms with Crippen LogP contribution in [0.1, 0.15) is 18.5 Å². The van der Waals surface area contributed by atoms with Gasteiger partial charge in [-0.2, -0.15) is 0 Å². The Morgan fingerprint density at radius 1 is 0.950 bits per heavy atom. The van der Waals surface area contributed by atoms with Crippen molar-refractivity contribution in [3.63, 3.8) is 0 Å². The number of nitrogens with two attached hydrogens (primary N) is 1. The number of benzene rings is 2. The van der Waals surface area contributed by atoms with Gasteiger partial charge in [-0.15, -0.1) is 0 Å². The molecule has 5 heteroatoms. The maximum absolute atomic E-state index is 13.5. The van der Waals surface area contributed by atoms with Gasteiger partial charge in [0.2, 0.25) is 0 Å². The van der Waals surface area contributed by atoms with Crippen molar-refractivity contribution < 1.29 is 17.9 Å². The smallest absolute Gasteiger partial charge is 0.167 e. The third-order valence-corrected chi connectivity index (χ3v) is 2.97. The van der Waals surface area contributed by atoms with Crippen LogP contribution < -0.4 is 10.5 Å². The highest BCUT2D eigenvalue weighted by Crippen LogP contribution is 2.23. The molecule has 0 saturated heterocycles. The lowest BCUT2D eigenvalue weighted by Gasteiger charge is -2.22. The van der Waals surface area contributed by atoms with Crippen LogP contribution >= 0.6 is 0 Å².